The molecule has 5 nitrogen and oxygen atoms in total. The van der Waals surface area contributed by atoms with Crippen LogP contribution in [0.25, 0.3) is 10.8 Å². The highest BCUT2D eigenvalue weighted by Crippen LogP contribution is 2.37. The van der Waals surface area contributed by atoms with Gasteiger partial charge in [0.15, 0.2) is 5.75 Å². The molecule has 8 heteroatoms. The lowest BCUT2D eigenvalue weighted by molar-refractivity contribution is -0.137. The number of benzene rings is 3. The van der Waals surface area contributed by atoms with Crippen molar-refractivity contribution in [2.24, 2.45) is 5.10 Å². The fourth-order valence-corrected chi connectivity index (χ4v) is 2.43. The highest BCUT2D eigenvalue weighted by Gasteiger charge is 2.31. The van der Waals surface area contributed by atoms with Crippen LogP contribution in [0.3, 0.4) is 0 Å². The van der Waals surface area contributed by atoms with Crippen LogP contribution >= 0.6 is 0 Å². The summed E-state index contributed by atoms with van der Waals surface area (Å²) in [5, 5.41) is 22.9. The molecule has 0 bridgehead atoms. The van der Waals surface area contributed by atoms with Crippen molar-refractivity contribution in [2.45, 2.75) is 6.18 Å². The first-order chi connectivity index (χ1) is 13.4. The molecule has 0 saturated heterocycles. The Morgan fingerprint density at radius 2 is 1.64 bits per heavy atom. The Hall–Kier alpha value is -4.04. The van der Waals surface area contributed by atoms with Crippen molar-refractivity contribution in [3.05, 3.63) is 66.2 Å². The minimum Gasteiger partial charge on any atom is -0.455 e. The van der Waals surface area contributed by atoms with Gasteiger partial charge >= 0.3 is 6.18 Å². The van der Waals surface area contributed by atoms with Crippen LogP contribution in [0.5, 0.6) is 11.5 Å². The molecule has 0 aromatic heterocycles. The second kappa shape index (κ2) is 7.68. The number of rotatable bonds is 4. The van der Waals surface area contributed by atoms with Gasteiger partial charge in [0, 0.05) is 0 Å². The number of hydrazone groups is 1. The van der Waals surface area contributed by atoms with Crippen LogP contribution in [0, 0.1) is 22.7 Å². The molecule has 0 aliphatic rings. The molecule has 0 unspecified atom stereocenters. The number of hydrogen-bond acceptors (Lipinski definition) is 5. The molecular weight excluding hydrogens is 369 g/mol. The summed E-state index contributed by atoms with van der Waals surface area (Å²) in [6.07, 6.45) is -4.57. The molecule has 3 aromatic rings. The number of anilines is 1. The minimum absolute atomic E-state index is 0.0576. The van der Waals surface area contributed by atoms with Crippen LogP contribution in [0.1, 0.15) is 5.56 Å². The lowest BCUT2D eigenvalue weighted by Gasteiger charge is -2.14. The second-order valence-electron chi connectivity index (χ2n) is 5.62. The van der Waals surface area contributed by atoms with Gasteiger partial charge < -0.3 is 4.74 Å². The van der Waals surface area contributed by atoms with E-state index in [9.17, 15) is 13.2 Å². The van der Waals surface area contributed by atoms with Gasteiger partial charge in [0.2, 0.25) is 5.71 Å². The van der Waals surface area contributed by atoms with Gasteiger partial charge in [0.1, 0.15) is 17.9 Å². The van der Waals surface area contributed by atoms with Crippen molar-refractivity contribution in [2.75, 3.05) is 5.43 Å². The Kier molecular flexibility index (Phi) is 5.14. The molecule has 0 amide bonds. The van der Waals surface area contributed by atoms with Gasteiger partial charge in [-0.25, -0.2) is 0 Å². The van der Waals surface area contributed by atoms with Crippen molar-refractivity contribution in [3.8, 4) is 23.6 Å². The van der Waals surface area contributed by atoms with Crippen LogP contribution in [-0.4, -0.2) is 5.71 Å². The zero-order valence-electron chi connectivity index (χ0n) is 14.2. The maximum absolute atomic E-state index is 13.0. The van der Waals surface area contributed by atoms with Crippen molar-refractivity contribution < 1.29 is 17.9 Å². The molecule has 0 aliphatic heterocycles. The van der Waals surface area contributed by atoms with Gasteiger partial charge in [-0.2, -0.15) is 28.8 Å². The lowest BCUT2D eigenvalue weighted by atomic mass is 10.1. The lowest BCUT2D eigenvalue weighted by Crippen LogP contribution is -2.06. The fraction of sp³-hybridized carbons (Fsp3) is 0.0500. The SMILES string of the molecule is N#CC(C#N)=NNc1cc(C(F)(F)F)ccc1Oc1ccc2ccccc2c1. The first-order valence-corrected chi connectivity index (χ1v) is 7.92. The zero-order chi connectivity index (χ0) is 20.1. The maximum Gasteiger partial charge on any atom is 0.416 e. The van der Waals surface area contributed by atoms with E-state index in [0.717, 1.165) is 29.0 Å². The van der Waals surface area contributed by atoms with E-state index >= 15 is 0 Å². The summed E-state index contributed by atoms with van der Waals surface area (Å²) in [6.45, 7) is 0. The van der Waals surface area contributed by atoms with Crippen LogP contribution < -0.4 is 10.2 Å². The third-order valence-electron chi connectivity index (χ3n) is 3.76. The van der Waals surface area contributed by atoms with E-state index in [-0.39, 0.29) is 11.4 Å². The molecule has 0 heterocycles. The van der Waals surface area contributed by atoms with Crippen molar-refractivity contribution >= 4 is 22.2 Å². The number of halogens is 3. The number of nitriles is 2. The van der Waals surface area contributed by atoms with E-state index in [1.54, 1.807) is 12.1 Å². The molecule has 1 N–H and O–H groups in total. The van der Waals surface area contributed by atoms with E-state index in [1.807, 2.05) is 30.3 Å². The van der Waals surface area contributed by atoms with Crippen LogP contribution in [0.2, 0.25) is 0 Å². The van der Waals surface area contributed by atoms with Crippen LogP contribution in [0.15, 0.2) is 65.8 Å². The molecule has 0 fully saturated rings. The average molecular weight is 380 g/mol. The van der Waals surface area contributed by atoms with Gasteiger partial charge in [-0.3, -0.25) is 5.43 Å². The van der Waals surface area contributed by atoms with Crippen molar-refractivity contribution in [3.63, 3.8) is 0 Å². The molecule has 0 radical (unpaired) electrons. The third-order valence-corrected chi connectivity index (χ3v) is 3.76. The topological polar surface area (TPSA) is 81.2 Å². The second-order valence-corrected chi connectivity index (χ2v) is 5.62. The van der Waals surface area contributed by atoms with Gasteiger partial charge in [-0.05, 0) is 41.1 Å². The molecule has 28 heavy (non-hydrogen) atoms. The summed E-state index contributed by atoms with van der Waals surface area (Å²) in [7, 11) is 0. The summed E-state index contributed by atoms with van der Waals surface area (Å²) < 4.78 is 44.8. The molecule has 138 valence electrons. The van der Waals surface area contributed by atoms with Crippen LogP contribution in [-0.2, 0) is 6.18 Å². The third kappa shape index (κ3) is 4.19. The monoisotopic (exact) mass is 380 g/mol. The van der Waals surface area contributed by atoms with Crippen LogP contribution in [0.4, 0.5) is 18.9 Å². The Morgan fingerprint density at radius 1 is 0.929 bits per heavy atom. The summed E-state index contributed by atoms with van der Waals surface area (Å²) in [6, 6.07) is 18.7. The number of alkyl halides is 3. The van der Waals surface area contributed by atoms with E-state index < -0.39 is 17.5 Å². The van der Waals surface area contributed by atoms with E-state index in [1.165, 1.54) is 12.1 Å². The van der Waals surface area contributed by atoms with Gasteiger partial charge in [0.05, 0.1) is 11.3 Å². The Morgan fingerprint density at radius 3 is 2.32 bits per heavy atom. The maximum atomic E-state index is 13.0. The molecule has 0 atom stereocenters. The molecule has 0 spiro atoms. The minimum atomic E-state index is -4.57. The quantitative estimate of drug-likeness (QED) is 0.481. The standard InChI is InChI=1S/C20H11F3N4O/c21-20(22,23)15-6-8-19(18(10-15)27-26-16(11-24)12-25)28-17-7-5-13-3-1-2-4-14(13)9-17/h1-10,27H. The molecule has 0 saturated carbocycles. The number of fused-ring (bicyclic) bond motifs is 1. The number of ether oxygens (including phenoxy) is 1. The highest BCUT2D eigenvalue weighted by atomic mass is 19.4. The molecular formula is C20H11F3N4O. The first kappa shape index (κ1) is 18.7. The fourth-order valence-electron chi connectivity index (χ4n) is 2.43. The Balaban J connectivity index is 1.99. The average Bonchev–Trinajstić information content (AvgIpc) is 2.69. The largest absolute Gasteiger partial charge is 0.455 e. The van der Waals surface area contributed by atoms with E-state index in [2.05, 4.69) is 10.5 Å². The van der Waals surface area contributed by atoms with Crippen molar-refractivity contribution in [1.82, 2.24) is 0 Å². The normalized spacial score (nSPS) is 10.6. The first-order valence-electron chi connectivity index (χ1n) is 7.92. The number of nitrogens with zero attached hydrogens (tertiary/aromatic N) is 3. The van der Waals surface area contributed by atoms with E-state index in [0.29, 0.717) is 5.75 Å². The zero-order valence-corrected chi connectivity index (χ0v) is 14.2. The Bertz CT molecular complexity index is 1120. The van der Waals surface area contributed by atoms with Crippen molar-refractivity contribution in [1.29, 1.82) is 10.5 Å². The van der Waals surface area contributed by atoms with Gasteiger partial charge in [-0.1, -0.05) is 30.3 Å². The summed E-state index contributed by atoms with van der Waals surface area (Å²) in [5.41, 5.74) is 0.712. The van der Waals surface area contributed by atoms with E-state index in [4.69, 9.17) is 15.3 Å². The molecule has 3 rings (SSSR count). The summed E-state index contributed by atoms with van der Waals surface area (Å²) >= 11 is 0. The smallest absolute Gasteiger partial charge is 0.416 e. The Labute approximate surface area is 157 Å². The highest BCUT2D eigenvalue weighted by molar-refractivity contribution is 6.10. The predicted octanol–water partition coefficient (Wildman–Crippen LogP) is 5.47. The predicted molar refractivity (Wildman–Crippen MR) is 97.7 cm³/mol. The van der Waals surface area contributed by atoms with Gasteiger partial charge in [0.25, 0.3) is 0 Å². The summed E-state index contributed by atoms with van der Waals surface area (Å²) in [4.78, 5) is 0. The number of nitrogens with one attached hydrogen (secondary N) is 1. The molecule has 3 aromatic carbocycles. The summed E-state index contributed by atoms with van der Waals surface area (Å²) in [5.74, 6) is 0.466. The molecule has 0 aliphatic carbocycles. The van der Waals surface area contributed by atoms with Gasteiger partial charge in [-0.15, -0.1) is 0 Å². The number of hydrogen-bond donors (Lipinski definition) is 1.